The first-order chi connectivity index (χ1) is 12.1. The molecule has 0 aliphatic heterocycles. The van der Waals surface area contributed by atoms with Crippen molar-refractivity contribution in [3.05, 3.63) is 42.4 Å². The second-order valence-electron chi connectivity index (χ2n) is 4.85. The van der Waals surface area contributed by atoms with Gasteiger partial charge in [-0.1, -0.05) is 0 Å². The topological polar surface area (TPSA) is 132 Å². The minimum absolute atomic E-state index is 0.231. The molecule has 0 aromatic carbocycles. The summed E-state index contributed by atoms with van der Waals surface area (Å²) in [6.07, 6.45) is 4.44. The van der Waals surface area contributed by atoms with Gasteiger partial charge in [0.15, 0.2) is 0 Å². The van der Waals surface area contributed by atoms with Crippen molar-refractivity contribution < 1.29 is 9.59 Å². The number of urea groups is 1. The molecule has 2 aromatic heterocycles. The van der Waals surface area contributed by atoms with Gasteiger partial charge in [0.1, 0.15) is 11.9 Å². The number of hydrogen-bond acceptors (Lipinski definition) is 6. The lowest BCUT2D eigenvalue weighted by Gasteiger charge is -2.10. The number of rotatable bonds is 6. The molecule has 9 nitrogen and oxygen atoms in total. The van der Waals surface area contributed by atoms with E-state index in [-0.39, 0.29) is 12.1 Å². The largest absolute Gasteiger partial charge is 0.370 e. The number of amides is 3. The Balaban J connectivity index is 1.90. The first-order valence-electron chi connectivity index (χ1n) is 7.51. The van der Waals surface area contributed by atoms with Crippen molar-refractivity contribution in [3.63, 3.8) is 0 Å². The lowest BCUT2D eigenvalue weighted by Crippen LogP contribution is -2.35. The van der Waals surface area contributed by atoms with Crippen LogP contribution < -0.4 is 21.3 Å². The van der Waals surface area contributed by atoms with Crippen LogP contribution in [0.1, 0.15) is 12.5 Å². The number of anilines is 3. The summed E-state index contributed by atoms with van der Waals surface area (Å²) in [4.78, 5) is 31.6. The second-order valence-corrected chi connectivity index (χ2v) is 4.85. The van der Waals surface area contributed by atoms with Crippen molar-refractivity contribution in [1.82, 2.24) is 15.3 Å². The predicted molar refractivity (Wildman–Crippen MR) is 93.0 cm³/mol. The molecule has 2 aromatic rings. The van der Waals surface area contributed by atoms with Gasteiger partial charge in [0.05, 0.1) is 29.7 Å². The summed E-state index contributed by atoms with van der Waals surface area (Å²) >= 11 is 0. The fourth-order valence-electron chi connectivity index (χ4n) is 1.89. The quantitative estimate of drug-likeness (QED) is 0.631. The lowest BCUT2D eigenvalue weighted by molar-refractivity contribution is -0.115. The molecule has 0 radical (unpaired) electrons. The standard InChI is InChI=1S/C16H17N7O2/c1-2-19-14-6-13(11(7-17)8-20-14)23-15(24)10-21-16(25)22-12-4-3-5-18-9-12/h3-6,8-9H,2,10H2,1H3,(H2,21,22,25)(H2,19,20,23,24). The van der Waals surface area contributed by atoms with Gasteiger partial charge >= 0.3 is 6.03 Å². The molecule has 25 heavy (non-hydrogen) atoms. The average Bonchev–Trinajstić information content (AvgIpc) is 2.61. The fourth-order valence-corrected chi connectivity index (χ4v) is 1.89. The van der Waals surface area contributed by atoms with Crippen LogP contribution in [0.2, 0.25) is 0 Å². The third-order valence-corrected chi connectivity index (χ3v) is 2.99. The van der Waals surface area contributed by atoms with E-state index in [1.54, 1.807) is 24.4 Å². The Hall–Kier alpha value is -3.67. The zero-order valence-corrected chi connectivity index (χ0v) is 13.5. The van der Waals surface area contributed by atoms with E-state index in [4.69, 9.17) is 5.26 Å². The maximum absolute atomic E-state index is 12.0. The first kappa shape index (κ1) is 17.7. The summed E-state index contributed by atoms with van der Waals surface area (Å²) in [5.74, 6) is 0.0746. The molecule has 4 N–H and O–H groups in total. The maximum Gasteiger partial charge on any atom is 0.319 e. The van der Waals surface area contributed by atoms with Crippen molar-refractivity contribution in [2.24, 2.45) is 0 Å². The molecule has 128 valence electrons. The molecule has 0 fully saturated rings. The molecular weight excluding hydrogens is 322 g/mol. The van der Waals surface area contributed by atoms with E-state index in [9.17, 15) is 9.59 Å². The summed E-state index contributed by atoms with van der Waals surface area (Å²) in [6, 6.07) is 6.34. The zero-order valence-electron chi connectivity index (χ0n) is 13.5. The van der Waals surface area contributed by atoms with Gasteiger partial charge in [0, 0.05) is 25.0 Å². The van der Waals surface area contributed by atoms with Crippen LogP contribution in [-0.2, 0) is 4.79 Å². The minimum Gasteiger partial charge on any atom is -0.370 e. The van der Waals surface area contributed by atoms with Crippen molar-refractivity contribution in [2.75, 3.05) is 29.0 Å². The minimum atomic E-state index is -0.535. The number of aromatic nitrogens is 2. The SMILES string of the molecule is CCNc1cc(NC(=O)CNC(=O)Nc2cccnc2)c(C#N)cn1. The van der Waals surface area contributed by atoms with Crippen LogP contribution in [0.5, 0.6) is 0 Å². The second kappa shape index (κ2) is 8.83. The molecule has 0 bridgehead atoms. The zero-order chi connectivity index (χ0) is 18.1. The van der Waals surface area contributed by atoms with Crippen LogP contribution in [0.25, 0.3) is 0 Å². The van der Waals surface area contributed by atoms with Crippen molar-refractivity contribution in [1.29, 1.82) is 5.26 Å². The van der Waals surface area contributed by atoms with Crippen molar-refractivity contribution >= 4 is 29.1 Å². The molecule has 0 saturated carbocycles. The van der Waals surface area contributed by atoms with E-state index >= 15 is 0 Å². The smallest absolute Gasteiger partial charge is 0.319 e. The van der Waals surface area contributed by atoms with E-state index in [0.717, 1.165) is 0 Å². The van der Waals surface area contributed by atoms with Gasteiger partial charge in [-0.3, -0.25) is 9.78 Å². The molecule has 2 heterocycles. The molecular formula is C16H17N7O2. The Bertz CT molecular complexity index is 787. The van der Waals surface area contributed by atoms with Crippen LogP contribution in [0.15, 0.2) is 36.8 Å². The third kappa shape index (κ3) is 5.47. The molecule has 2 rings (SSSR count). The summed E-state index contributed by atoms with van der Waals surface area (Å²) < 4.78 is 0. The van der Waals surface area contributed by atoms with Crippen LogP contribution in [0.4, 0.5) is 22.0 Å². The highest BCUT2D eigenvalue weighted by Crippen LogP contribution is 2.17. The highest BCUT2D eigenvalue weighted by Gasteiger charge is 2.10. The number of pyridine rings is 2. The Morgan fingerprint density at radius 3 is 2.80 bits per heavy atom. The van der Waals surface area contributed by atoms with Crippen molar-refractivity contribution in [3.8, 4) is 6.07 Å². The molecule has 3 amide bonds. The summed E-state index contributed by atoms with van der Waals surface area (Å²) in [7, 11) is 0. The van der Waals surface area contributed by atoms with Crippen molar-refractivity contribution in [2.45, 2.75) is 6.92 Å². The summed E-state index contributed by atoms with van der Waals surface area (Å²) in [5.41, 5.74) is 1.07. The summed E-state index contributed by atoms with van der Waals surface area (Å²) in [5, 5.41) is 19.6. The molecule has 0 aliphatic carbocycles. The Kier molecular flexibility index (Phi) is 6.24. The van der Waals surface area contributed by atoms with Crippen LogP contribution in [0, 0.1) is 11.3 Å². The normalized spacial score (nSPS) is 9.60. The number of nitrogens with zero attached hydrogens (tertiary/aromatic N) is 3. The summed E-state index contributed by atoms with van der Waals surface area (Å²) in [6.45, 7) is 2.31. The highest BCUT2D eigenvalue weighted by atomic mass is 16.2. The van der Waals surface area contributed by atoms with Gasteiger partial charge in [-0.2, -0.15) is 5.26 Å². The predicted octanol–water partition coefficient (Wildman–Crippen LogP) is 1.54. The average molecular weight is 339 g/mol. The Labute approximate surface area is 144 Å². The fraction of sp³-hybridized carbons (Fsp3) is 0.188. The maximum atomic E-state index is 12.0. The molecule has 0 saturated heterocycles. The lowest BCUT2D eigenvalue weighted by atomic mass is 10.2. The van der Waals surface area contributed by atoms with Gasteiger partial charge in [-0.25, -0.2) is 9.78 Å². The molecule has 0 atom stereocenters. The van der Waals surface area contributed by atoms with Crippen LogP contribution in [-0.4, -0.2) is 35.0 Å². The van der Waals surface area contributed by atoms with E-state index in [1.165, 1.54) is 12.4 Å². The molecule has 9 heteroatoms. The van der Waals surface area contributed by atoms with Gasteiger partial charge in [-0.05, 0) is 19.1 Å². The van der Waals surface area contributed by atoms with Gasteiger partial charge in [0.25, 0.3) is 0 Å². The molecule has 0 unspecified atom stereocenters. The number of carbonyl (C=O) groups is 2. The number of nitriles is 1. The van der Waals surface area contributed by atoms with Gasteiger partial charge in [-0.15, -0.1) is 0 Å². The monoisotopic (exact) mass is 339 g/mol. The number of carbonyl (C=O) groups excluding carboxylic acids is 2. The third-order valence-electron chi connectivity index (χ3n) is 2.99. The first-order valence-corrected chi connectivity index (χ1v) is 7.51. The molecule has 0 aliphatic rings. The van der Waals surface area contributed by atoms with E-state index in [0.29, 0.717) is 23.7 Å². The van der Waals surface area contributed by atoms with Crippen LogP contribution in [0.3, 0.4) is 0 Å². The van der Waals surface area contributed by atoms with E-state index in [2.05, 4.69) is 31.2 Å². The number of nitrogens with one attached hydrogen (secondary N) is 4. The Morgan fingerprint density at radius 1 is 1.28 bits per heavy atom. The van der Waals surface area contributed by atoms with E-state index < -0.39 is 11.9 Å². The Morgan fingerprint density at radius 2 is 2.12 bits per heavy atom. The highest BCUT2D eigenvalue weighted by molar-refractivity contribution is 5.97. The van der Waals surface area contributed by atoms with E-state index in [1.807, 2.05) is 13.0 Å². The van der Waals surface area contributed by atoms with Crippen LogP contribution >= 0.6 is 0 Å². The molecule has 0 spiro atoms. The van der Waals surface area contributed by atoms with Gasteiger partial charge < -0.3 is 21.3 Å². The number of hydrogen-bond donors (Lipinski definition) is 4. The van der Waals surface area contributed by atoms with Gasteiger partial charge in [0.2, 0.25) is 5.91 Å².